The molecule has 1 amide bonds. The number of anilines is 1. The highest BCUT2D eigenvalue weighted by molar-refractivity contribution is 6.04. The molecular weight excluding hydrogens is 269 g/mol. The van der Waals surface area contributed by atoms with Gasteiger partial charge < -0.3 is 11.1 Å². The average Bonchev–Trinajstić information content (AvgIpc) is 2.51. The molecule has 0 aliphatic heterocycles. The summed E-state index contributed by atoms with van der Waals surface area (Å²) in [6.45, 7) is 1.94. The molecule has 5 heteroatoms. The number of benzene rings is 2. The van der Waals surface area contributed by atoms with Crippen molar-refractivity contribution >= 4 is 11.6 Å². The van der Waals surface area contributed by atoms with Gasteiger partial charge in [-0.1, -0.05) is 12.1 Å². The van der Waals surface area contributed by atoms with Gasteiger partial charge in [0.15, 0.2) is 0 Å². The Hall–Kier alpha value is -2.71. The van der Waals surface area contributed by atoms with Crippen molar-refractivity contribution in [2.75, 3.05) is 5.32 Å². The summed E-state index contributed by atoms with van der Waals surface area (Å²) >= 11 is 0. The highest BCUT2D eigenvalue weighted by Gasteiger charge is 2.11. The number of nitrogens with zero attached hydrogens (tertiary/aromatic N) is 1. The third kappa shape index (κ3) is 3.25. The fourth-order valence-electron chi connectivity index (χ4n) is 1.86. The number of halogens is 1. The van der Waals surface area contributed by atoms with Gasteiger partial charge >= 0.3 is 0 Å². The summed E-state index contributed by atoms with van der Waals surface area (Å²) in [5.74, 6) is -0.890. The Morgan fingerprint density at radius 3 is 2.57 bits per heavy atom. The van der Waals surface area contributed by atoms with E-state index in [0.717, 1.165) is 11.6 Å². The van der Waals surface area contributed by atoms with Crippen LogP contribution in [0, 0.1) is 24.1 Å². The second-order valence-electron chi connectivity index (χ2n) is 4.60. The van der Waals surface area contributed by atoms with Crippen LogP contribution in [0.2, 0.25) is 0 Å². The minimum Gasteiger partial charge on any atom is -0.326 e. The van der Waals surface area contributed by atoms with Gasteiger partial charge in [-0.05, 0) is 36.8 Å². The first-order valence-corrected chi connectivity index (χ1v) is 6.35. The van der Waals surface area contributed by atoms with Crippen molar-refractivity contribution in [2.45, 2.75) is 13.5 Å². The highest BCUT2D eigenvalue weighted by Crippen LogP contribution is 2.21. The van der Waals surface area contributed by atoms with Gasteiger partial charge in [0.1, 0.15) is 5.82 Å². The van der Waals surface area contributed by atoms with Gasteiger partial charge in [-0.15, -0.1) is 0 Å². The van der Waals surface area contributed by atoms with Gasteiger partial charge in [0.25, 0.3) is 5.91 Å². The molecule has 0 radical (unpaired) electrons. The van der Waals surface area contributed by atoms with E-state index in [9.17, 15) is 9.18 Å². The molecule has 0 bridgehead atoms. The SMILES string of the molecule is Cc1c(F)cc(C#N)cc1NC(=O)c1ccc(CN)cc1. The quantitative estimate of drug-likeness (QED) is 0.909. The lowest BCUT2D eigenvalue weighted by Gasteiger charge is -2.10. The summed E-state index contributed by atoms with van der Waals surface area (Å²) in [6.07, 6.45) is 0. The zero-order valence-electron chi connectivity index (χ0n) is 11.5. The first kappa shape index (κ1) is 14.7. The Morgan fingerprint density at radius 2 is 2.00 bits per heavy atom. The molecule has 0 aliphatic rings. The molecule has 0 aliphatic carbocycles. The predicted octanol–water partition coefficient (Wildman–Crippen LogP) is 2.72. The van der Waals surface area contributed by atoms with Gasteiger partial charge in [-0.3, -0.25) is 4.79 Å². The number of carbonyl (C=O) groups excluding carboxylic acids is 1. The summed E-state index contributed by atoms with van der Waals surface area (Å²) in [7, 11) is 0. The van der Waals surface area contributed by atoms with Crippen molar-refractivity contribution in [3.05, 3.63) is 64.5 Å². The molecule has 2 aromatic carbocycles. The van der Waals surface area contributed by atoms with Crippen molar-refractivity contribution in [1.29, 1.82) is 5.26 Å². The van der Waals surface area contributed by atoms with Gasteiger partial charge in [0, 0.05) is 23.4 Å². The summed E-state index contributed by atoms with van der Waals surface area (Å²) in [4.78, 5) is 12.1. The molecule has 0 unspecified atom stereocenters. The molecule has 106 valence electrons. The second kappa shape index (κ2) is 6.16. The molecule has 21 heavy (non-hydrogen) atoms. The lowest BCUT2D eigenvalue weighted by molar-refractivity contribution is 0.102. The highest BCUT2D eigenvalue weighted by atomic mass is 19.1. The third-order valence-electron chi connectivity index (χ3n) is 3.17. The lowest BCUT2D eigenvalue weighted by Crippen LogP contribution is -2.13. The number of nitrogens with two attached hydrogens (primary N) is 1. The Labute approximate surface area is 122 Å². The minimum atomic E-state index is -0.525. The number of amides is 1. The number of rotatable bonds is 3. The maximum absolute atomic E-state index is 13.7. The number of hydrogen-bond donors (Lipinski definition) is 2. The lowest BCUT2D eigenvalue weighted by atomic mass is 10.1. The van der Waals surface area contributed by atoms with E-state index in [1.165, 1.54) is 6.07 Å². The van der Waals surface area contributed by atoms with Crippen LogP contribution in [0.3, 0.4) is 0 Å². The Kier molecular flexibility index (Phi) is 4.31. The number of carbonyl (C=O) groups is 1. The molecular formula is C16H14FN3O. The Bertz CT molecular complexity index is 718. The molecule has 0 atom stereocenters. The summed E-state index contributed by atoms with van der Waals surface area (Å²) in [5, 5.41) is 11.5. The van der Waals surface area contributed by atoms with E-state index in [-0.39, 0.29) is 11.5 Å². The summed E-state index contributed by atoms with van der Waals surface area (Å²) in [6, 6.07) is 11.3. The fraction of sp³-hybridized carbons (Fsp3) is 0.125. The largest absolute Gasteiger partial charge is 0.326 e. The van der Waals surface area contributed by atoms with Crippen molar-refractivity contribution in [3.8, 4) is 6.07 Å². The molecule has 0 fully saturated rings. The average molecular weight is 283 g/mol. The van der Waals surface area contributed by atoms with E-state index in [1.54, 1.807) is 31.2 Å². The standard InChI is InChI=1S/C16H14FN3O/c1-10-14(17)6-12(9-19)7-15(10)20-16(21)13-4-2-11(8-18)3-5-13/h2-7H,8,18H2,1H3,(H,20,21). The molecule has 2 rings (SSSR count). The first-order valence-electron chi connectivity index (χ1n) is 6.35. The van der Waals surface area contributed by atoms with Crippen LogP contribution in [0.15, 0.2) is 36.4 Å². The van der Waals surface area contributed by atoms with Crippen LogP contribution in [0.1, 0.15) is 27.0 Å². The second-order valence-corrected chi connectivity index (χ2v) is 4.60. The van der Waals surface area contributed by atoms with E-state index in [1.807, 2.05) is 6.07 Å². The van der Waals surface area contributed by atoms with Crippen LogP contribution < -0.4 is 11.1 Å². The normalized spacial score (nSPS) is 10.0. The van der Waals surface area contributed by atoms with Crippen LogP contribution in [0.5, 0.6) is 0 Å². The molecule has 3 N–H and O–H groups in total. The molecule has 2 aromatic rings. The van der Waals surface area contributed by atoms with E-state index in [4.69, 9.17) is 11.0 Å². The van der Waals surface area contributed by atoms with Crippen molar-refractivity contribution in [2.24, 2.45) is 5.73 Å². The van der Waals surface area contributed by atoms with Crippen LogP contribution >= 0.6 is 0 Å². The molecule has 0 spiro atoms. The van der Waals surface area contributed by atoms with Crippen LogP contribution in [-0.2, 0) is 6.54 Å². The maximum atomic E-state index is 13.7. The summed E-state index contributed by atoms with van der Waals surface area (Å²) < 4.78 is 13.7. The van der Waals surface area contributed by atoms with E-state index < -0.39 is 5.82 Å². The van der Waals surface area contributed by atoms with Crippen LogP contribution in [-0.4, -0.2) is 5.91 Å². The van der Waals surface area contributed by atoms with Crippen molar-refractivity contribution in [1.82, 2.24) is 0 Å². The van der Waals surface area contributed by atoms with Gasteiger partial charge in [0.2, 0.25) is 0 Å². The minimum absolute atomic E-state index is 0.159. The zero-order valence-corrected chi connectivity index (χ0v) is 11.5. The van der Waals surface area contributed by atoms with Gasteiger partial charge in [-0.2, -0.15) is 5.26 Å². The monoisotopic (exact) mass is 283 g/mol. The molecule has 0 saturated heterocycles. The van der Waals surface area contributed by atoms with E-state index in [0.29, 0.717) is 23.4 Å². The maximum Gasteiger partial charge on any atom is 0.255 e. The third-order valence-corrected chi connectivity index (χ3v) is 3.17. The number of nitrogens with one attached hydrogen (secondary N) is 1. The summed E-state index contributed by atoms with van der Waals surface area (Å²) in [5.41, 5.74) is 7.59. The van der Waals surface area contributed by atoms with Crippen molar-refractivity contribution in [3.63, 3.8) is 0 Å². The topological polar surface area (TPSA) is 78.9 Å². The van der Waals surface area contributed by atoms with Crippen LogP contribution in [0.25, 0.3) is 0 Å². The fourth-order valence-corrected chi connectivity index (χ4v) is 1.86. The molecule has 0 aromatic heterocycles. The Morgan fingerprint density at radius 1 is 1.33 bits per heavy atom. The first-order chi connectivity index (χ1) is 10.0. The molecule has 0 heterocycles. The van der Waals surface area contributed by atoms with Gasteiger partial charge in [0.05, 0.1) is 11.6 Å². The van der Waals surface area contributed by atoms with E-state index >= 15 is 0 Å². The number of hydrogen-bond acceptors (Lipinski definition) is 3. The Balaban J connectivity index is 2.27. The van der Waals surface area contributed by atoms with Crippen LogP contribution in [0.4, 0.5) is 10.1 Å². The van der Waals surface area contributed by atoms with Gasteiger partial charge in [-0.25, -0.2) is 4.39 Å². The molecule has 0 saturated carbocycles. The smallest absolute Gasteiger partial charge is 0.255 e. The zero-order chi connectivity index (χ0) is 15.4. The van der Waals surface area contributed by atoms with E-state index in [2.05, 4.69) is 5.32 Å². The predicted molar refractivity (Wildman–Crippen MR) is 78.1 cm³/mol. The number of nitriles is 1. The van der Waals surface area contributed by atoms with Crippen molar-refractivity contribution < 1.29 is 9.18 Å². The molecule has 4 nitrogen and oxygen atoms in total.